The maximum Gasteiger partial charge on any atom is 0.240 e. The van der Waals surface area contributed by atoms with Crippen molar-refractivity contribution in [3.8, 4) is 0 Å². The van der Waals surface area contributed by atoms with Crippen molar-refractivity contribution >= 4 is 17.5 Å². The van der Waals surface area contributed by atoms with Crippen LogP contribution in [-0.2, 0) is 21.5 Å². The zero-order valence-corrected chi connectivity index (χ0v) is 14.8. The van der Waals surface area contributed by atoms with E-state index in [1.165, 1.54) is 0 Å². The van der Waals surface area contributed by atoms with E-state index >= 15 is 0 Å². The lowest BCUT2D eigenvalue weighted by atomic mass is 10.0. The average molecular weight is 341 g/mol. The van der Waals surface area contributed by atoms with Crippen molar-refractivity contribution in [3.05, 3.63) is 41.5 Å². The zero-order valence-electron chi connectivity index (χ0n) is 14.8. The zero-order chi connectivity index (χ0) is 18.0. The molecular formula is C18H23N5O2. The Morgan fingerprint density at radius 3 is 2.80 bits per heavy atom. The van der Waals surface area contributed by atoms with Crippen molar-refractivity contribution in [2.24, 2.45) is 0 Å². The van der Waals surface area contributed by atoms with Gasteiger partial charge in [-0.05, 0) is 45.2 Å². The number of carbonyl (C=O) groups excluding carboxylic acids is 2. The lowest BCUT2D eigenvalue weighted by Gasteiger charge is -2.27. The molecule has 0 radical (unpaired) electrons. The molecule has 0 unspecified atom stereocenters. The van der Waals surface area contributed by atoms with Crippen LogP contribution < -0.4 is 10.2 Å². The van der Waals surface area contributed by atoms with Gasteiger partial charge >= 0.3 is 0 Å². The molecule has 1 aliphatic heterocycles. The quantitative estimate of drug-likeness (QED) is 0.888. The van der Waals surface area contributed by atoms with E-state index in [2.05, 4.69) is 20.5 Å². The number of rotatable bonds is 4. The highest BCUT2D eigenvalue weighted by molar-refractivity contribution is 6.00. The van der Waals surface area contributed by atoms with Crippen LogP contribution in [0.3, 0.4) is 0 Å². The SMILES string of the molecule is Cc1nc(C(C)(C)NC(=O)CN2C(=O)CCCc3ccccc32)n[nH]1. The minimum Gasteiger partial charge on any atom is -0.342 e. The van der Waals surface area contributed by atoms with Gasteiger partial charge in [-0.3, -0.25) is 14.7 Å². The molecule has 0 bridgehead atoms. The third-order valence-electron chi connectivity index (χ3n) is 4.33. The summed E-state index contributed by atoms with van der Waals surface area (Å²) in [5.74, 6) is 0.944. The number of carbonyl (C=O) groups is 2. The number of aromatic nitrogens is 3. The van der Waals surface area contributed by atoms with Gasteiger partial charge in [0, 0.05) is 12.1 Å². The Morgan fingerprint density at radius 2 is 2.08 bits per heavy atom. The van der Waals surface area contributed by atoms with Gasteiger partial charge in [0.25, 0.3) is 0 Å². The number of fused-ring (bicyclic) bond motifs is 1. The predicted molar refractivity (Wildman–Crippen MR) is 94.0 cm³/mol. The maximum absolute atomic E-state index is 12.6. The third kappa shape index (κ3) is 3.70. The summed E-state index contributed by atoms with van der Waals surface area (Å²) in [5.41, 5.74) is 1.20. The average Bonchev–Trinajstić information content (AvgIpc) is 2.94. The van der Waals surface area contributed by atoms with Crippen molar-refractivity contribution in [2.75, 3.05) is 11.4 Å². The number of anilines is 1. The lowest BCUT2D eigenvalue weighted by molar-refractivity contribution is -0.125. The second-order valence-corrected chi connectivity index (χ2v) is 6.88. The number of para-hydroxylation sites is 1. The highest BCUT2D eigenvalue weighted by Crippen LogP contribution is 2.26. The Labute approximate surface area is 146 Å². The second kappa shape index (κ2) is 6.66. The van der Waals surface area contributed by atoms with Gasteiger partial charge in [-0.25, -0.2) is 4.98 Å². The fourth-order valence-electron chi connectivity index (χ4n) is 3.07. The molecule has 0 fully saturated rings. The number of amides is 2. The lowest BCUT2D eigenvalue weighted by Crippen LogP contribution is -2.48. The molecule has 7 heteroatoms. The van der Waals surface area contributed by atoms with Crippen LogP contribution in [0.1, 0.15) is 43.9 Å². The largest absolute Gasteiger partial charge is 0.342 e. The van der Waals surface area contributed by atoms with E-state index in [1.54, 1.807) is 11.8 Å². The Balaban J connectivity index is 1.77. The minimum absolute atomic E-state index is 0.0112. The molecule has 0 saturated heterocycles. The Morgan fingerprint density at radius 1 is 1.32 bits per heavy atom. The van der Waals surface area contributed by atoms with E-state index in [0.717, 1.165) is 24.1 Å². The van der Waals surface area contributed by atoms with E-state index in [-0.39, 0.29) is 18.4 Å². The van der Waals surface area contributed by atoms with Crippen LogP contribution >= 0.6 is 0 Å². The maximum atomic E-state index is 12.6. The molecule has 0 spiro atoms. The number of hydrogen-bond acceptors (Lipinski definition) is 4. The number of hydrogen-bond donors (Lipinski definition) is 2. The smallest absolute Gasteiger partial charge is 0.240 e. The first-order chi connectivity index (χ1) is 11.9. The first kappa shape index (κ1) is 17.1. The topological polar surface area (TPSA) is 91.0 Å². The fraction of sp³-hybridized carbons (Fsp3) is 0.444. The third-order valence-corrected chi connectivity index (χ3v) is 4.33. The van der Waals surface area contributed by atoms with Gasteiger partial charge in [-0.1, -0.05) is 18.2 Å². The summed E-state index contributed by atoms with van der Waals surface area (Å²) in [7, 11) is 0. The summed E-state index contributed by atoms with van der Waals surface area (Å²) < 4.78 is 0. The van der Waals surface area contributed by atoms with Crippen LogP contribution in [0.4, 0.5) is 5.69 Å². The van der Waals surface area contributed by atoms with Crippen molar-refractivity contribution in [1.82, 2.24) is 20.5 Å². The van der Waals surface area contributed by atoms with E-state index in [1.807, 2.05) is 38.1 Å². The minimum atomic E-state index is -0.726. The summed E-state index contributed by atoms with van der Waals surface area (Å²) in [4.78, 5) is 30.9. The summed E-state index contributed by atoms with van der Waals surface area (Å²) in [6.07, 6.45) is 2.10. The Bertz CT molecular complexity index is 796. The van der Waals surface area contributed by atoms with E-state index < -0.39 is 5.54 Å². The number of benzene rings is 1. The summed E-state index contributed by atoms with van der Waals surface area (Å²) in [6, 6.07) is 7.76. The molecule has 0 atom stereocenters. The molecular weight excluding hydrogens is 318 g/mol. The van der Waals surface area contributed by atoms with Crippen LogP contribution in [0.15, 0.2) is 24.3 Å². The molecule has 1 aromatic heterocycles. The van der Waals surface area contributed by atoms with Gasteiger partial charge in [0.1, 0.15) is 12.4 Å². The van der Waals surface area contributed by atoms with Gasteiger partial charge in [0.15, 0.2) is 5.82 Å². The first-order valence-corrected chi connectivity index (χ1v) is 8.45. The molecule has 25 heavy (non-hydrogen) atoms. The predicted octanol–water partition coefficient (Wildman–Crippen LogP) is 1.83. The van der Waals surface area contributed by atoms with E-state index in [0.29, 0.717) is 18.1 Å². The fourth-order valence-corrected chi connectivity index (χ4v) is 3.07. The first-order valence-electron chi connectivity index (χ1n) is 8.45. The molecule has 7 nitrogen and oxygen atoms in total. The molecule has 132 valence electrons. The summed E-state index contributed by atoms with van der Waals surface area (Å²) in [5, 5.41) is 9.83. The molecule has 0 aliphatic carbocycles. The van der Waals surface area contributed by atoms with Crippen LogP contribution in [0.25, 0.3) is 0 Å². The molecule has 1 aliphatic rings. The monoisotopic (exact) mass is 341 g/mol. The van der Waals surface area contributed by atoms with Crippen LogP contribution in [0, 0.1) is 6.92 Å². The highest BCUT2D eigenvalue weighted by Gasteiger charge is 2.30. The number of aromatic amines is 1. The second-order valence-electron chi connectivity index (χ2n) is 6.88. The number of nitrogens with one attached hydrogen (secondary N) is 2. The van der Waals surface area contributed by atoms with Gasteiger partial charge in [0.05, 0.1) is 5.54 Å². The number of H-pyrrole nitrogens is 1. The number of aryl methyl sites for hydroxylation is 2. The molecule has 2 amide bonds. The Hall–Kier alpha value is -2.70. The van der Waals surface area contributed by atoms with Crippen molar-refractivity contribution in [1.29, 1.82) is 0 Å². The van der Waals surface area contributed by atoms with Crippen LogP contribution in [0.5, 0.6) is 0 Å². The van der Waals surface area contributed by atoms with E-state index in [9.17, 15) is 9.59 Å². The van der Waals surface area contributed by atoms with Gasteiger partial charge < -0.3 is 10.2 Å². The van der Waals surface area contributed by atoms with Crippen molar-refractivity contribution in [3.63, 3.8) is 0 Å². The summed E-state index contributed by atoms with van der Waals surface area (Å²) >= 11 is 0. The van der Waals surface area contributed by atoms with Gasteiger partial charge in [0.2, 0.25) is 11.8 Å². The standard InChI is InChI=1S/C18H23N5O2/c1-12-19-17(22-21-12)18(2,3)20-15(24)11-23-14-9-5-4-7-13(14)8-6-10-16(23)25/h4-5,7,9H,6,8,10-11H2,1-3H3,(H,20,24)(H,19,21,22). The Kier molecular flexibility index (Phi) is 4.57. The molecule has 2 N–H and O–H groups in total. The van der Waals surface area contributed by atoms with Crippen molar-refractivity contribution < 1.29 is 9.59 Å². The number of nitrogens with zero attached hydrogens (tertiary/aromatic N) is 3. The highest BCUT2D eigenvalue weighted by atomic mass is 16.2. The van der Waals surface area contributed by atoms with E-state index in [4.69, 9.17) is 0 Å². The molecule has 2 heterocycles. The van der Waals surface area contributed by atoms with Gasteiger partial charge in [-0.15, -0.1) is 0 Å². The van der Waals surface area contributed by atoms with Crippen molar-refractivity contribution in [2.45, 2.75) is 45.6 Å². The summed E-state index contributed by atoms with van der Waals surface area (Å²) in [6.45, 7) is 5.47. The van der Waals surface area contributed by atoms with Crippen LogP contribution in [-0.4, -0.2) is 33.5 Å². The molecule has 3 rings (SSSR count). The normalized spacial score (nSPS) is 14.8. The molecule has 2 aromatic rings. The molecule has 0 saturated carbocycles. The van der Waals surface area contributed by atoms with Crippen LogP contribution in [0.2, 0.25) is 0 Å². The van der Waals surface area contributed by atoms with Gasteiger partial charge in [-0.2, -0.15) is 5.10 Å². The molecule has 1 aromatic carbocycles.